The smallest absolute Gasteiger partial charge is 0.236 e. The van der Waals surface area contributed by atoms with Crippen molar-refractivity contribution in [2.45, 2.75) is 50.9 Å². The Bertz CT molecular complexity index is 1290. The van der Waals surface area contributed by atoms with Gasteiger partial charge >= 0.3 is 0 Å². The molecule has 1 aliphatic carbocycles. The van der Waals surface area contributed by atoms with Gasteiger partial charge in [0.1, 0.15) is 11.5 Å². The molecule has 2 fully saturated rings. The van der Waals surface area contributed by atoms with Crippen LogP contribution >= 0.6 is 0 Å². The summed E-state index contributed by atoms with van der Waals surface area (Å²) in [6, 6.07) is 12.5. The van der Waals surface area contributed by atoms with E-state index in [1.807, 2.05) is 17.0 Å². The molecule has 4 heterocycles. The Morgan fingerprint density at radius 1 is 0.973 bits per heavy atom. The number of likely N-dealkylation sites (tertiary alicyclic amines) is 2. The van der Waals surface area contributed by atoms with E-state index in [-0.39, 0.29) is 11.8 Å². The number of benzene rings is 1. The van der Waals surface area contributed by atoms with Gasteiger partial charge in [-0.1, -0.05) is 29.8 Å². The number of aromatic nitrogens is 1. The average Bonchev–Trinajstić information content (AvgIpc) is 3.58. The second kappa shape index (κ2) is 10.5. The highest BCUT2D eigenvalue weighted by Crippen LogP contribution is 2.40. The quantitative estimate of drug-likeness (QED) is 0.380. The molecule has 0 radical (unpaired) electrons. The van der Waals surface area contributed by atoms with E-state index < -0.39 is 0 Å². The molecule has 0 spiro atoms. The first kappa shape index (κ1) is 23.9. The first-order chi connectivity index (χ1) is 18.2. The number of pyridine rings is 1. The standard InChI is InChI=1S/C30H34N4O3/c35-29(20-33-14-2-1-3-15-33)34-16-4-5-24(19-34)28-18-26(30(37-28)21-10-12-31-13-11-21)23-6-8-25-22(17-23)7-9-27(25)32-36/h6,8,10-13,17-18,24,36H,1-5,7,9,14-16,19-20H2. The lowest BCUT2D eigenvalue weighted by Crippen LogP contribution is -2.45. The molecule has 1 aromatic carbocycles. The first-order valence-corrected chi connectivity index (χ1v) is 13.6. The number of nitrogens with zero attached hydrogens (tertiary/aromatic N) is 4. The Morgan fingerprint density at radius 3 is 2.62 bits per heavy atom. The molecule has 1 amide bonds. The third-order valence-corrected chi connectivity index (χ3v) is 8.16. The number of amides is 1. The fourth-order valence-electron chi connectivity index (χ4n) is 6.13. The zero-order valence-corrected chi connectivity index (χ0v) is 21.2. The first-order valence-electron chi connectivity index (χ1n) is 13.6. The number of carbonyl (C=O) groups excluding carboxylic acids is 1. The van der Waals surface area contributed by atoms with Gasteiger partial charge in [0, 0.05) is 48.1 Å². The van der Waals surface area contributed by atoms with E-state index in [4.69, 9.17) is 4.42 Å². The van der Waals surface area contributed by atoms with Crippen molar-refractivity contribution in [3.8, 4) is 22.5 Å². The van der Waals surface area contributed by atoms with E-state index in [1.54, 1.807) is 12.4 Å². The lowest BCUT2D eigenvalue weighted by molar-refractivity contribution is -0.133. The molecule has 1 unspecified atom stereocenters. The van der Waals surface area contributed by atoms with Gasteiger partial charge < -0.3 is 14.5 Å². The molecule has 0 bridgehead atoms. The molecular formula is C30H34N4O3. The fraction of sp³-hybridized carbons (Fsp3) is 0.433. The maximum atomic E-state index is 13.1. The maximum Gasteiger partial charge on any atom is 0.236 e. The van der Waals surface area contributed by atoms with E-state index in [2.05, 4.69) is 39.3 Å². The van der Waals surface area contributed by atoms with Crippen molar-refractivity contribution in [1.29, 1.82) is 0 Å². The largest absolute Gasteiger partial charge is 0.460 e. The molecule has 3 aliphatic rings. The summed E-state index contributed by atoms with van der Waals surface area (Å²) < 4.78 is 6.59. The minimum absolute atomic E-state index is 0.177. The monoisotopic (exact) mass is 498 g/mol. The third kappa shape index (κ3) is 4.92. The van der Waals surface area contributed by atoms with Gasteiger partial charge in [0.25, 0.3) is 0 Å². The molecule has 1 atom stereocenters. The van der Waals surface area contributed by atoms with Crippen LogP contribution in [0.15, 0.2) is 58.4 Å². The summed E-state index contributed by atoms with van der Waals surface area (Å²) in [7, 11) is 0. The Morgan fingerprint density at radius 2 is 1.81 bits per heavy atom. The summed E-state index contributed by atoms with van der Waals surface area (Å²) in [5.41, 5.74) is 6.10. The van der Waals surface area contributed by atoms with Crippen LogP contribution in [-0.4, -0.2) is 64.3 Å². The highest BCUT2D eigenvalue weighted by atomic mass is 16.4. The van der Waals surface area contributed by atoms with Crippen molar-refractivity contribution in [2.24, 2.45) is 5.16 Å². The van der Waals surface area contributed by atoms with Crippen LogP contribution in [0.1, 0.15) is 61.3 Å². The number of oxime groups is 1. The molecule has 192 valence electrons. The van der Waals surface area contributed by atoms with Gasteiger partial charge in [0.15, 0.2) is 0 Å². The van der Waals surface area contributed by atoms with Crippen molar-refractivity contribution in [3.05, 3.63) is 65.7 Å². The highest BCUT2D eigenvalue weighted by Gasteiger charge is 2.30. The summed E-state index contributed by atoms with van der Waals surface area (Å²) in [6.07, 6.45) is 10.9. The number of piperidine rings is 2. The van der Waals surface area contributed by atoms with E-state index in [0.29, 0.717) is 13.1 Å². The number of rotatable bonds is 5. The van der Waals surface area contributed by atoms with Crippen molar-refractivity contribution in [2.75, 3.05) is 32.7 Å². The average molecular weight is 499 g/mol. The van der Waals surface area contributed by atoms with Gasteiger partial charge in [0.05, 0.1) is 12.3 Å². The van der Waals surface area contributed by atoms with Crippen molar-refractivity contribution in [3.63, 3.8) is 0 Å². The van der Waals surface area contributed by atoms with Crippen molar-refractivity contribution >= 4 is 11.6 Å². The summed E-state index contributed by atoms with van der Waals surface area (Å²) in [5.74, 6) is 2.20. The van der Waals surface area contributed by atoms with Crippen LogP contribution in [0.25, 0.3) is 22.5 Å². The normalized spacial score (nSPS) is 21.4. The lowest BCUT2D eigenvalue weighted by atomic mass is 9.93. The minimum Gasteiger partial charge on any atom is -0.460 e. The fourth-order valence-corrected chi connectivity index (χ4v) is 6.13. The van der Waals surface area contributed by atoms with Crippen LogP contribution in [0.2, 0.25) is 0 Å². The van der Waals surface area contributed by atoms with Crippen LogP contribution in [0, 0.1) is 0 Å². The summed E-state index contributed by atoms with van der Waals surface area (Å²) >= 11 is 0. The molecule has 7 nitrogen and oxygen atoms in total. The van der Waals surface area contributed by atoms with Crippen LogP contribution in [-0.2, 0) is 11.2 Å². The summed E-state index contributed by atoms with van der Waals surface area (Å²) in [4.78, 5) is 21.7. The predicted molar refractivity (Wildman–Crippen MR) is 143 cm³/mol. The van der Waals surface area contributed by atoms with Gasteiger partial charge in [0.2, 0.25) is 5.91 Å². The molecule has 3 aromatic rings. The molecule has 0 saturated carbocycles. The number of aryl methyl sites for hydroxylation is 1. The van der Waals surface area contributed by atoms with E-state index in [0.717, 1.165) is 84.8 Å². The molecule has 37 heavy (non-hydrogen) atoms. The molecular weight excluding hydrogens is 464 g/mol. The van der Waals surface area contributed by atoms with Crippen LogP contribution < -0.4 is 0 Å². The van der Waals surface area contributed by atoms with Gasteiger partial charge in [-0.15, -0.1) is 0 Å². The van der Waals surface area contributed by atoms with E-state index in [1.165, 1.54) is 24.8 Å². The summed E-state index contributed by atoms with van der Waals surface area (Å²) in [5, 5.41) is 12.8. The molecule has 2 saturated heterocycles. The number of carbonyl (C=O) groups is 1. The molecule has 2 aromatic heterocycles. The second-order valence-corrected chi connectivity index (χ2v) is 10.6. The number of fused-ring (bicyclic) bond motifs is 1. The number of hydrogen-bond acceptors (Lipinski definition) is 6. The van der Waals surface area contributed by atoms with Crippen LogP contribution in [0.4, 0.5) is 0 Å². The van der Waals surface area contributed by atoms with Gasteiger partial charge in [-0.05, 0) is 80.9 Å². The Labute approximate surface area is 217 Å². The van der Waals surface area contributed by atoms with Gasteiger partial charge in [-0.25, -0.2) is 0 Å². The SMILES string of the molecule is O=C(CN1CCCCC1)N1CCCC(c2cc(-c3ccc4c(c3)CCC4=NO)c(-c3ccncc3)o2)C1. The molecule has 6 rings (SSSR count). The highest BCUT2D eigenvalue weighted by molar-refractivity contribution is 6.04. The Balaban J connectivity index is 1.28. The van der Waals surface area contributed by atoms with Gasteiger partial charge in [-0.2, -0.15) is 0 Å². The zero-order valence-electron chi connectivity index (χ0n) is 21.2. The van der Waals surface area contributed by atoms with Crippen LogP contribution in [0.3, 0.4) is 0 Å². The second-order valence-electron chi connectivity index (χ2n) is 10.6. The third-order valence-electron chi connectivity index (χ3n) is 8.16. The van der Waals surface area contributed by atoms with E-state index >= 15 is 0 Å². The minimum atomic E-state index is 0.177. The lowest BCUT2D eigenvalue weighted by Gasteiger charge is -2.34. The number of furan rings is 1. The summed E-state index contributed by atoms with van der Waals surface area (Å²) in [6.45, 7) is 4.13. The number of hydrogen-bond donors (Lipinski definition) is 1. The Kier molecular flexibility index (Phi) is 6.79. The van der Waals surface area contributed by atoms with Gasteiger partial charge in [-0.3, -0.25) is 14.7 Å². The Hall–Kier alpha value is -3.45. The predicted octanol–water partition coefficient (Wildman–Crippen LogP) is 5.33. The van der Waals surface area contributed by atoms with Crippen molar-refractivity contribution < 1.29 is 14.4 Å². The van der Waals surface area contributed by atoms with Crippen LogP contribution in [0.5, 0.6) is 0 Å². The topological polar surface area (TPSA) is 82.2 Å². The van der Waals surface area contributed by atoms with E-state index in [9.17, 15) is 10.0 Å². The molecule has 2 aliphatic heterocycles. The molecule has 1 N–H and O–H groups in total. The zero-order chi connectivity index (χ0) is 25.2. The van der Waals surface area contributed by atoms with Crippen molar-refractivity contribution in [1.82, 2.24) is 14.8 Å². The maximum absolute atomic E-state index is 13.1. The molecule has 7 heteroatoms.